The van der Waals surface area contributed by atoms with Crippen LogP contribution < -0.4 is 24.9 Å². The highest BCUT2D eigenvalue weighted by molar-refractivity contribution is 14.1. The van der Waals surface area contributed by atoms with Crippen molar-refractivity contribution in [1.29, 1.82) is 0 Å². The molecule has 2 aromatic heterocycles. The van der Waals surface area contributed by atoms with Crippen LogP contribution >= 0.6 is 33.9 Å². The number of halogens is 1. The molecule has 3 aromatic carbocycles. The van der Waals surface area contributed by atoms with Crippen molar-refractivity contribution in [3.05, 3.63) is 90.7 Å². The summed E-state index contributed by atoms with van der Waals surface area (Å²) >= 11 is 3.47. The minimum atomic E-state index is -0.273. The molecule has 1 N–H and O–H groups in total. The van der Waals surface area contributed by atoms with Crippen molar-refractivity contribution in [3.63, 3.8) is 0 Å². The van der Waals surface area contributed by atoms with Crippen molar-refractivity contribution in [2.24, 2.45) is 0 Å². The third kappa shape index (κ3) is 4.36. The van der Waals surface area contributed by atoms with Crippen molar-refractivity contribution < 1.29 is 14.3 Å². The highest BCUT2D eigenvalue weighted by Crippen LogP contribution is 2.34. The van der Waals surface area contributed by atoms with Crippen LogP contribution in [0.5, 0.6) is 11.5 Å². The first-order valence-corrected chi connectivity index (χ1v) is 12.2. The smallest absolute Gasteiger partial charge is 0.274 e. The average Bonchev–Trinajstić information content (AvgIpc) is 3.34. The molecule has 0 saturated carbocycles. The van der Waals surface area contributed by atoms with Gasteiger partial charge in [0.2, 0.25) is 0 Å². The summed E-state index contributed by atoms with van der Waals surface area (Å²) in [6.07, 6.45) is 1.81. The summed E-state index contributed by atoms with van der Waals surface area (Å²) in [7, 11) is 1.54. The quantitative estimate of drug-likeness (QED) is 0.305. The summed E-state index contributed by atoms with van der Waals surface area (Å²) in [4.78, 5) is 30.5. The van der Waals surface area contributed by atoms with Crippen LogP contribution in [0.2, 0.25) is 0 Å². The molecule has 0 saturated heterocycles. The van der Waals surface area contributed by atoms with E-state index in [4.69, 9.17) is 9.47 Å². The normalized spacial score (nSPS) is 11.8. The Kier molecular flexibility index (Phi) is 6.20. The Morgan fingerprint density at radius 3 is 2.71 bits per heavy atom. The number of ether oxygens (including phenoxy) is 2. The molecule has 0 aliphatic heterocycles. The fraction of sp³-hybridized carbons (Fsp3) is 0.0800. The number of methoxy groups -OCH3 is 1. The second kappa shape index (κ2) is 9.43. The number of aromatic nitrogens is 2. The molecule has 0 bridgehead atoms. The molecular formula is C25H18IN3O4S. The summed E-state index contributed by atoms with van der Waals surface area (Å²) in [5.74, 6) is 0.674. The predicted molar refractivity (Wildman–Crippen MR) is 142 cm³/mol. The van der Waals surface area contributed by atoms with Crippen LogP contribution in [0.4, 0.5) is 5.69 Å². The van der Waals surface area contributed by atoms with E-state index in [9.17, 15) is 9.59 Å². The maximum Gasteiger partial charge on any atom is 0.274 e. The standard InChI is InChI=1S/C25H18IN3O4S/c1-32-20-12-15(11-17(26)23(20)33-14-22(30)27-16-7-3-2-4-8-16)13-21-24(31)29-19-10-6-5-9-18(19)28-25(29)34-21/h2-13H,14H2,1H3,(H,27,30)/b21-13-. The topological polar surface area (TPSA) is 81.9 Å². The minimum Gasteiger partial charge on any atom is -0.493 e. The number of amides is 1. The number of nitrogens with zero attached hydrogens (tertiary/aromatic N) is 2. The molecule has 5 rings (SSSR count). The van der Waals surface area contributed by atoms with Crippen LogP contribution in [0.15, 0.2) is 71.5 Å². The van der Waals surface area contributed by atoms with E-state index >= 15 is 0 Å². The SMILES string of the molecule is COc1cc(/C=c2\sc3nc4ccccc4n3c2=O)cc(I)c1OCC(=O)Nc1ccccc1. The van der Waals surface area contributed by atoms with Gasteiger partial charge in [0.15, 0.2) is 23.1 Å². The van der Waals surface area contributed by atoms with Gasteiger partial charge in [-0.25, -0.2) is 9.38 Å². The number of carbonyl (C=O) groups excluding carboxylic acids is 1. The monoisotopic (exact) mass is 583 g/mol. The zero-order valence-corrected chi connectivity index (χ0v) is 20.9. The van der Waals surface area contributed by atoms with E-state index in [1.165, 1.54) is 18.4 Å². The lowest BCUT2D eigenvalue weighted by molar-refractivity contribution is -0.118. The second-order valence-electron chi connectivity index (χ2n) is 7.37. The molecule has 0 fully saturated rings. The molecule has 2 heterocycles. The third-order valence-electron chi connectivity index (χ3n) is 5.10. The van der Waals surface area contributed by atoms with Gasteiger partial charge in [0.05, 0.1) is 26.2 Å². The number of imidazole rings is 1. The van der Waals surface area contributed by atoms with Crippen molar-refractivity contribution in [2.75, 3.05) is 19.0 Å². The number of hydrogen-bond donors (Lipinski definition) is 1. The van der Waals surface area contributed by atoms with Gasteiger partial charge in [-0.15, -0.1) is 0 Å². The van der Waals surface area contributed by atoms with Crippen LogP contribution in [-0.2, 0) is 4.79 Å². The Balaban J connectivity index is 1.42. The Morgan fingerprint density at radius 2 is 1.91 bits per heavy atom. The molecule has 0 aliphatic rings. The second-order valence-corrected chi connectivity index (χ2v) is 9.54. The van der Waals surface area contributed by atoms with E-state index in [-0.39, 0.29) is 18.1 Å². The number of thiazole rings is 1. The minimum absolute atomic E-state index is 0.111. The Hall–Kier alpha value is -3.44. The molecule has 7 nitrogen and oxygen atoms in total. The Labute approximate surface area is 211 Å². The van der Waals surface area contributed by atoms with Gasteiger partial charge < -0.3 is 14.8 Å². The number of para-hydroxylation sites is 3. The molecule has 1 amide bonds. The molecule has 0 atom stereocenters. The van der Waals surface area contributed by atoms with Crippen molar-refractivity contribution in [3.8, 4) is 11.5 Å². The summed E-state index contributed by atoms with van der Waals surface area (Å²) in [6, 6.07) is 20.4. The Bertz CT molecular complexity index is 1630. The van der Waals surface area contributed by atoms with Gasteiger partial charge in [-0.2, -0.15) is 0 Å². The summed E-state index contributed by atoms with van der Waals surface area (Å²) in [6.45, 7) is -0.162. The molecule has 0 radical (unpaired) electrons. The summed E-state index contributed by atoms with van der Waals surface area (Å²) < 4.78 is 14.3. The van der Waals surface area contributed by atoms with E-state index in [1.54, 1.807) is 10.5 Å². The van der Waals surface area contributed by atoms with E-state index in [0.29, 0.717) is 26.7 Å². The summed E-state index contributed by atoms with van der Waals surface area (Å²) in [5, 5.41) is 2.79. The first kappa shape index (κ1) is 22.4. The molecule has 9 heteroatoms. The van der Waals surface area contributed by atoms with Crippen molar-refractivity contribution >= 4 is 67.6 Å². The number of rotatable bonds is 6. The molecule has 170 valence electrons. The summed E-state index contributed by atoms with van der Waals surface area (Å²) in [5.41, 5.74) is 2.97. The average molecular weight is 583 g/mol. The van der Waals surface area contributed by atoms with Crippen LogP contribution in [0, 0.1) is 3.57 Å². The van der Waals surface area contributed by atoms with Gasteiger partial charge in [-0.1, -0.05) is 41.7 Å². The van der Waals surface area contributed by atoms with Crippen LogP contribution in [0.25, 0.3) is 22.1 Å². The molecule has 5 aromatic rings. The number of anilines is 1. The van der Waals surface area contributed by atoms with Crippen LogP contribution in [0.1, 0.15) is 5.56 Å². The molecule has 0 unspecified atom stereocenters. The fourth-order valence-corrected chi connectivity index (χ4v) is 5.35. The number of fused-ring (bicyclic) bond motifs is 3. The zero-order valence-electron chi connectivity index (χ0n) is 17.9. The zero-order chi connectivity index (χ0) is 23.7. The molecule has 34 heavy (non-hydrogen) atoms. The lowest BCUT2D eigenvalue weighted by Crippen LogP contribution is -2.22. The maximum atomic E-state index is 13.0. The molecule has 0 aliphatic carbocycles. The van der Waals surface area contributed by atoms with E-state index < -0.39 is 0 Å². The van der Waals surface area contributed by atoms with Gasteiger partial charge in [-0.05, 0) is 70.6 Å². The van der Waals surface area contributed by atoms with Gasteiger partial charge in [0, 0.05) is 5.69 Å². The van der Waals surface area contributed by atoms with Gasteiger partial charge in [0.1, 0.15) is 0 Å². The third-order valence-corrected chi connectivity index (χ3v) is 6.87. The maximum absolute atomic E-state index is 13.0. The molecular weight excluding hydrogens is 565 g/mol. The van der Waals surface area contributed by atoms with E-state index in [2.05, 4.69) is 32.9 Å². The van der Waals surface area contributed by atoms with Gasteiger partial charge >= 0.3 is 0 Å². The van der Waals surface area contributed by atoms with Crippen molar-refractivity contribution in [1.82, 2.24) is 9.38 Å². The largest absolute Gasteiger partial charge is 0.493 e. The predicted octanol–water partition coefficient (Wildman–Crippen LogP) is 4.09. The van der Waals surface area contributed by atoms with E-state index in [0.717, 1.165) is 20.2 Å². The van der Waals surface area contributed by atoms with Crippen molar-refractivity contribution in [2.45, 2.75) is 0 Å². The highest BCUT2D eigenvalue weighted by atomic mass is 127. The molecule has 0 spiro atoms. The fourth-order valence-electron chi connectivity index (χ4n) is 3.58. The van der Waals surface area contributed by atoms with Gasteiger partial charge in [0.25, 0.3) is 11.5 Å². The Morgan fingerprint density at radius 1 is 1.15 bits per heavy atom. The van der Waals surface area contributed by atoms with E-state index in [1.807, 2.05) is 66.7 Å². The highest BCUT2D eigenvalue weighted by Gasteiger charge is 2.15. The number of hydrogen-bond acceptors (Lipinski definition) is 6. The first-order valence-electron chi connectivity index (χ1n) is 10.3. The number of carbonyl (C=O) groups is 1. The lowest BCUT2D eigenvalue weighted by atomic mass is 10.2. The van der Waals surface area contributed by atoms with Gasteiger partial charge in [-0.3, -0.25) is 9.59 Å². The lowest BCUT2D eigenvalue weighted by Gasteiger charge is -2.13. The number of nitrogens with one attached hydrogen (secondary N) is 1. The number of benzene rings is 3. The first-order chi connectivity index (χ1) is 16.5. The van der Waals surface area contributed by atoms with Crippen LogP contribution in [0.3, 0.4) is 0 Å². The van der Waals surface area contributed by atoms with Crippen LogP contribution in [-0.4, -0.2) is 29.0 Å².